The minimum absolute atomic E-state index is 0.0178. The van der Waals surface area contributed by atoms with E-state index < -0.39 is 5.82 Å². The Balaban J connectivity index is 1.52. The summed E-state index contributed by atoms with van der Waals surface area (Å²) in [6.45, 7) is 0.215. The zero-order chi connectivity index (χ0) is 20.4. The molecule has 0 saturated heterocycles. The summed E-state index contributed by atoms with van der Waals surface area (Å²) in [7, 11) is 0. The molecule has 1 aliphatic heterocycles. The van der Waals surface area contributed by atoms with Crippen molar-refractivity contribution in [1.82, 2.24) is 10.3 Å². The number of fused-ring (bicyclic) bond motifs is 1. The van der Waals surface area contributed by atoms with Gasteiger partial charge in [-0.2, -0.15) is 0 Å². The van der Waals surface area contributed by atoms with E-state index in [9.17, 15) is 14.0 Å². The van der Waals surface area contributed by atoms with Crippen molar-refractivity contribution in [2.24, 2.45) is 0 Å². The highest BCUT2D eigenvalue weighted by Gasteiger charge is 2.20. The number of carbonyl (C=O) groups is 2. The number of urea groups is 1. The van der Waals surface area contributed by atoms with E-state index in [1.54, 1.807) is 36.4 Å². The number of halogens is 2. The fourth-order valence-electron chi connectivity index (χ4n) is 2.78. The summed E-state index contributed by atoms with van der Waals surface area (Å²) in [5, 5.41) is 7.83. The lowest BCUT2D eigenvalue weighted by Gasteiger charge is -2.20. The van der Waals surface area contributed by atoms with Crippen LogP contribution >= 0.6 is 15.9 Å². The quantitative estimate of drug-likeness (QED) is 0.532. The largest absolute Gasteiger partial charge is 0.454 e. The van der Waals surface area contributed by atoms with Gasteiger partial charge in [-0.25, -0.2) is 14.2 Å². The maximum Gasteiger partial charge on any atom is 0.320 e. The molecule has 0 saturated carbocycles. The smallest absolute Gasteiger partial charge is 0.320 e. The predicted molar refractivity (Wildman–Crippen MR) is 109 cm³/mol. The van der Waals surface area contributed by atoms with E-state index in [2.05, 4.69) is 36.9 Å². The number of hydrogen-bond donors (Lipinski definition) is 3. The summed E-state index contributed by atoms with van der Waals surface area (Å²) >= 11 is 3.31. The number of carbonyl (C=O) groups excluding carboxylic acids is 2. The van der Waals surface area contributed by atoms with Gasteiger partial charge in [-0.1, -0.05) is 22.0 Å². The number of ether oxygens (including phenoxy) is 1. The van der Waals surface area contributed by atoms with Crippen LogP contribution in [0.25, 0.3) is 0 Å². The maximum absolute atomic E-state index is 14.6. The standard InChI is InChI=1S/C20H14BrFN4O3/c21-12-3-1-2-11(8-12)19(27)25-13-4-5-17(15(22)9-13)29-16-6-7-23-18-14(16)10-24-20(28)26-18/h1-9H,10H2,(H,25,27)(H2,23,24,26,28). The molecule has 0 spiro atoms. The average Bonchev–Trinajstić information content (AvgIpc) is 2.70. The second-order valence-corrected chi connectivity index (χ2v) is 7.07. The second-order valence-electron chi connectivity index (χ2n) is 6.16. The Morgan fingerprint density at radius 1 is 1.17 bits per heavy atom. The van der Waals surface area contributed by atoms with E-state index in [1.165, 1.54) is 18.3 Å². The first-order valence-corrected chi connectivity index (χ1v) is 9.36. The first-order valence-electron chi connectivity index (χ1n) is 8.56. The van der Waals surface area contributed by atoms with E-state index >= 15 is 0 Å². The molecule has 4 rings (SSSR count). The molecule has 3 amide bonds. The van der Waals surface area contributed by atoms with Gasteiger partial charge in [-0.3, -0.25) is 10.1 Å². The molecule has 2 heterocycles. The van der Waals surface area contributed by atoms with Crippen LogP contribution < -0.4 is 20.7 Å². The van der Waals surface area contributed by atoms with Gasteiger partial charge in [0.2, 0.25) is 0 Å². The summed E-state index contributed by atoms with van der Waals surface area (Å²) in [6, 6.07) is 12.2. The monoisotopic (exact) mass is 456 g/mol. The molecular weight excluding hydrogens is 443 g/mol. The molecule has 0 bridgehead atoms. The third-order valence-corrected chi connectivity index (χ3v) is 4.66. The molecule has 29 heavy (non-hydrogen) atoms. The third kappa shape index (κ3) is 4.19. The number of amides is 3. The number of nitrogens with zero attached hydrogens (tertiary/aromatic N) is 1. The van der Waals surface area contributed by atoms with Gasteiger partial charge in [-0.15, -0.1) is 0 Å². The van der Waals surface area contributed by atoms with Gasteiger partial charge in [0, 0.05) is 28.0 Å². The van der Waals surface area contributed by atoms with Gasteiger partial charge in [0.15, 0.2) is 11.6 Å². The maximum atomic E-state index is 14.6. The van der Waals surface area contributed by atoms with Crippen molar-refractivity contribution in [3.63, 3.8) is 0 Å². The van der Waals surface area contributed by atoms with Crippen LogP contribution in [0.15, 0.2) is 59.2 Å². The number of anilines is 2. The Labute approximate surface area is 173 Å². The van der Waals surface area contributed by atoms with Crippen molar-refractivity contribution in [2.75, 3.05) is 10.6 Å². The first kappa shape index (κ1) is 18.9. The van der Waals surface area contributed by atoms with Crippen molar-refractivity contribution in [1.29, 1.82) is 0 Å². The van der Waals surface area contributed by atoms with E-state index in [1.807, 2.05) is 0 Å². The molecule has 3 N–H and O–H groups in total. The predicted octanol–water partition coefficient (Wildman–Crippen LogP) is 4.66. The first-order chi connectivity index (χ1) is 14.0. The molecule has 1 aromatic heterocycles. The highest BCUT2D eigenvalue weighted by molar-refractivity contribution is 9.10. The van der Waals surface area contributed by atoms with Crippen LogP contribution in [0.5, 0.6) is 11.5 Å². The van der Waals surface area contributed by atoms with Gasteiger partial charge in [0.25, 0.3) is 5.91 Å². The van der Waals surface area contributed by atoms with Crippen molar-refractivity contribution >= 4 is 39.4 Å². The zero-order valence-electron chi connectivity index (χ0n) is 14.8. The number of pyridine rings is 1. The summed E-state index contributed by atoms with van der Waals surface area (Å²) in [4.78, 5) is 27.8. The summed E-state index contributed by atoms with van der Waals surface area (Å²) in [5.41, 5.74) is 1.35. The van der Waals surface area contributed by atoms with Crippen molar-refractivity contribution in [2.45, 2.75) is 6.54 Å². The Hall–Kier alpha value is -3.46. The van der Waals surface area contributed by atoms with Gasteiger partial charge < -0.3 is 15.4 Å². The number of nitrogens with one attached hydrogen (secondary N) is 3. The molecule has 0 atom stereocenters. The van der Waals surface area contributed by atoms with E-state index in [0.29, 0.717) is 28.4 Å². The minimum atomic E-state index is -0.643. The normalized spacial score (nSPS) is 12.4. The minimum Gasteiger partial charge on any atom is -0.454 e. The molecule has 7 nitrogen and oxygen atoms in total. The van der Waals surface area contributed by atoms with Crippen molar-refractivity contribution < 1.29 is 18.7 Å². The number of hydrogen-bond acceptors (Lipinski definition) is 4. The molecule has 1 aliphatic rings. The molecule has 9 heteroatoms. The van der Waals surface area contributed by atoms with E-state index in [0.717, 1.165) is 4.47 Å². The van der Waals surface area contributed by atoms with Crippen LogP contribution in [-0.4, -0.2) is 16.9 Å². The van der Waals surface area contributed by atoms with Gasteiger partial charge in [0.1, 0.15) is 11.6 Å². The van der Waals surface area contributed by atoms with Crippen LogP contribution in [0, 0.1) is 5.82 Å². The molecule has 3 aromatic rings. The topological polar surface area (TPSA) is 92.4 Å². The van der Waals surface area contributed by atoms with Gasteiger partial charge in [-0.05, 0) is 36.4 Å². The summed E-state index contributed by atoms with van der Waals surface area (Å²) in [6.07, 6.45) is 1.46. The number of rotatable bonds is 4. The third-order valence-electron chi connectivity index (χ3n) is 4.17. The number of aromatic nitrogens is 1. The lowest BCUT2D eigenvalue weighted by atomic mass is 10.2. The molecule has 0 aliphatic carbocycles. The zero-order valence-corrected chi connectivity index (χ0v) is 16.4. The van der Waals surface area contributed by atoms with Gasteiger partial charge in [0.05, 0.1) is 12.1 Å². The molecule has 2 aromatic carbocycles. The lowest BCUT2D eigenvalue weighted by molar-refractivity contribution is 0.102. The highest BCUT2D eigenvalue weighted by Crippen LogP contribution is 2.32. The van der Waals surface area contributed by atoms with Crippen molar-refractivity contribution in [3.8, 4) is 11.5 Å². The highest BCUT2D eigenvalue weighted by atomic mass is 79.9. The van der Waals surface area contributed by atoms with E-state index in [4.69, 9.17) is 4.74 Å². The SMILES string of the molecule is O=C1NCc2c(Oc3ccc(NC(=O)c4cccc(Br)c4)cc3F)ccnc2N1. The Bertz CT molecular complexity index is 1120. The van der Waals surface area contributed by atoms with Gasteiger partial charge >= 0.3 is 6.03 Å². The number of benzene rings is 2. The molecule has 0 unspecified atom stereocenters. The average molecular weight is 457 g/mol. The fourth-order valence-corrected chi connectivity index (χ4v) is 3.18. The fraction of sp³-hybridized carbons (Fsp3) is 0.0500. The Morgan fingerprint density at radius 3 is 2.83 bits per heavy atom. The lowest BCUT2D eigenvalue weighted by Crippen LogP contribution is -2.34. The molecule has 0 radical (unpaired) electrons. The molecular formula is C20H14BrFN4O3. The van der Waals surface area contributed by atoms with Crippen molar-refractivity contribution in [3.05, 3.63) is 76.1 Å². The van der Waals surface area contributed by atoms with E-state index in [-0.39, 0.29) is 24.2 Å². The van der Waals surface area contributed by atoms with Crippen LogP contribution in [-0.2, 0) is 6.54 Å². The van der Waals surface area contributed by atoms with Crippen LogP contribution in [0.3, 0.4) is 0 Å². The summed E-state index contributed by atoms with van der Waals surface area (Å²) < 4.78 is 21.0. The Morgan fingerprint density at radius 2 is 2.03 bits per heavy atom. The Kier molecular flexibility index (Phi) is 5.13. The van der Waals surface area contributed by atoms with Crippen LogP contribution in [0.1, 0.15) is 15.9 Å². The van der Waals surface area contributed by atoms with Crippen LogP contribution in [0.4, 0.5) is 20.7 Å². The van der Waals surface area contributed by atoms with Crippen LogP contribution in [0.2, 0.25) is 0 Å². The second kappa shape index (κ2) is 7.88. The molecule has 0 fully saturated rings. The molecule has 146 valence electrons. The summed E-state index contributed by atoms with van der Waals surface area (Å²) in [5.74, 6) is -0.285.